The molecule has 4 amide bonds. The fourth-order valence-electron chi connectivity index (χ4n) is 12.6. The second-order valence-corrected chi connectivity index (χ2v) is 25.4. The van der Waals surface area contributed by atoms with E-state index in [9.17, 15) is 19.2 Å². The number of aliphatic imine (C=N–C) groups is 1. The van der Waals surface area contributed by atoms with Crippen LogP contribution in [0.2, 0.25) is 10.0 Å². The fraction of sp³-hybridized carbons (Fsp3) is 0.484. The van der Waals surface area contributed by atoms with Crippen LogP contribution in [-0.4, -0.2) is 128 Å². The number of likely N-dealkylation sites (tertiary alicyclic amines) is 1. The first-order valence-electron chi connectivity index (χ1n) is 29.1. The SMILES string of the molecule is COc1ccc(COC(=O)[C@@]2(C)CCCC[C@H]2C(=O)N2CCc3c(Cl)ccc(OCc4nnn(C)c4COCCNC(=O)CNC(=O)C[C@@H]4N=C(c5ccc(Cl)cc5)c5c(sc(C)c5C)-n5c(C)nnc54)c3[C@H]2CN2CC3(CC3)CC2=O)c(OC)c1. The van der Waals surface area contributed by atoms with Crippen LogP contribution >= 0.6 is 34.5 Å². The second kappa shape index (κ2) is 25.1. The largest absolute Gasteiger partial charge is 0.497 e. The van der Waals surface area contributed by atoms with Gasteiger partial charge >= 0.3 is 5.97 Å². The third-order valence-electron chi connectivity index (χ3n) is 17.8. The standard InChI is InChI=1S/C62H71Cl2N11O10S/c1-35-36(2)86-59-54(35)56(38-11-14-40(63)15-12-38)67-45(57-70-68-37(3)75(57)59)27-51(76)66-29-52(77)65-23-25-83-33-48-46(69-71-72(48)5)32-84-49-18-17-44(64)42-19-24-74(47(55(42)49)30-73-34-62(21-22-62)28-53(73)78)58(79)43-10-8-9-20-61(43,4)60(80)85-31-39-13-16-41(81-6)26-50(39)82-7/h11-18,26,43,45,47H,8-10,19-25,27-34H2,1-7H3,(H,65,77)(H,66,76)/t43-,45-,47+,61-/m0/s1. The van der Waals surface area contributed by atoms with Crippen molar-refractivity contribution in [3.63, 3.8) is 0 Å². The fourth-order valence-corrected chi connectivity index (χ4v) is 14.2. The van der Waals surface area contributed by atoms with Crippen LogP contribution in [0.25, 0.3) is 5.00 Å². The molecule has 3 fully saturated rings. The molecule has 454 valence electrons. The Morgan fingerprint density at radius 2 is 1.69 bits per heavy atom. The highest BCUT2D eigenvalue weighted by Gasteiger charge is 2.54. The lowest BCUT2D eigenvalue weighted by molar-refractivity contribution is -0.169. The quantitative estimate of drug-likeness (QED) is 0.0509. The number of carbonyl (C=O) groups excluding carboxylic acids is 5. The van der Waals surface area contributed by atoms with Crippen LogP contribution in [0.1, 0.15) is 132 Å². The van der Waals surface area contributed by atoms with Crippen molar-refractivity contribution < 1.29 is 47.7 Å². The Hall–Kier alpha value is -7.40. The van der Waals surface area contributed by atoms with Gasteiger partial charge in [-0.3, -0.25) is 33.5 Å². The first kappa shape index (κ1) is 60.3. The van der Waals surface area contributed by atoms with Gasteiger partial charge in [-0.25, -0.2) is 4.68 Å². The van der Waals surface area contributed by atoms with Crippen molar-refractivity contribution in [2.45, 2.75) is 117 Å². The zero-order valence-corrected chi connectivity index (χ0v) is 51.8. The predicted molar refractivity (Wildman–Crippen MR) is 321 cm³/mol. The molecule has 0 bridgehead atoms. The van der Waals surface area contributed by atoms with Gasteiger partial charge in [-0.15, -0.1) is 26.6 Å². The summed E-state index contributed by atoms with van der Waals surface area (Å²) in [5.74, 6) is 0.753. The summed E-state index contributed by atoms with van der Waals surface area (Å²) in [5, 5.41) is 25.2. The van der Waals surface area contributed by atoms with E-state index in [1.807, 2.05) is 52.5 Å². The number of hydrogen-bond donors (Lipinski definition) is 2. The maximum atomic E-state index is 15.4. The van der Waals surface area contributed by atoms with Crippen LogP contribution in [-0.2, 0) is 66.7 Å². The molecular formula is C62H71Cl2N11O10S. The van der Waals surface area contributed by atoms with Gasteiger partial charge in [0.05, 0.1) is 69.2 Å². The Bertz CT molecular complexity index is 3630. The van der Waals surface area contributed by atoms with Gasteiger partial charge < -0.3 is 44.1 Å². The molecule has 86 heavy (non-hydrogen) atoms. The van der Waals surface area contributed by atoms with Gasteiger partial charge in [-0.1, -0.05) is 53.4 Å². The van der Waals surface area contributed by atoms with E-state index in [1.165, 1.54) is 0 Å². The number of methoxy groups -OCH3 is 2. The molecule has 1 spiro atoms. The van der Waals surface area contributed by atoms with Crippen LogP contribution in [0.5, 0.6) is 17.2 Å². The number of carbonyl (C=O) groups is 5. The minimum Gasteiger partial charge on any atom is -0.497 e. The molecule has 2 aliphatic carbocycles. The normalized spacial score (nSPS) is 20.1. The molecule has 6 heterocycles. The first-order valence-corrected chi connectivity index (χ1v) is 30.7. The lowest BCUT2D eigenvalue weighted by atomic mass is 9.66. The van der Waals surface area contributed by atoms with Crippen molar-refractivity contribution in [3.8, 4) is 22.2 Å². The number of rotatable bonds is 21. The maximum Gasteiger partial charge on any atom is 0.312 e. The molecule has 2 N–H and O–H groups in total. The highest BCUT2D eigenvalue weighted by atomic mass is 35.5. The summed E-state index contributed by atoms with van der Waals surface area (Å²) in [7, 11) is 4.86. The number of nitrogens with one attached hydrogen (secondary N) is 2. The zero-order chi connectivity index (χ0) is 60.6. The van der Waals surface area contributed by atoms with Crippen LogP contribution < -0.4 is 24.8 Å². The van der Waals surface area contributed by atoms with E-state index >= 15 is 4.79 Å². The van der Waals surface area contributed by atoms with Gasteiger partial charge in [-0.05, 0) is 113 Å². The van der Waals surface area contributed by atoms with Gasteiger partial charge in [0.2, 0.25) is 23.6 Å². The Labute approximate surface area is 513 Å². The van der Waals surface area contributed by atoms with E-state index in [2.05, 4.69) is 45.0 Å². The molecule has 3 aromatic carbocycles. The van der Waals surface area contributed by atoms with E-state index < -0.39 is 35.3 Å². The smallest absolute Gasteiger partial charge is 0.312 e. The minimum atomic E-state index is -1.13. The Morgan fingerprint density at radius 3 is 2.44 bits per heavy atom. The van der Waals surface area contributed by atoms with Crippen molar-refractivity contribution in [1.82, 2.24) is 50.2 Å². The van der Waals surface area contributed by atoms with Crippen molar-refractivity contribution in [2.75, 3.05) is 53.6 Å². The second-order valence-electron chi connectivity index (χ2n) is 23.3. The Kier molecular flexibility index (Phi) is 17.6. The Morgan fingerprint density at radius 1 is 0.884 bits per heavy atom. The number of amides is 4. The number of benzene rings is 3. The molecule has 2 saturated carbocycles. The zero-order valence-electron chi connectivity index (χ0n) is 49.4. The number of aromatic nitrogens is 6. The summed E-state index contributed by atoms with van der Waals surface area (Å²) in [6.07, 6.45) is 5.28. The number of hydrogen-bond acceptors (Lipinski definition) is 16. The third kappa shape index (κ3) is 12.2. The van der Waals surface area contributed by atoms with Gasteiger partial charge in [0.1, 0.15) is 53.0 Å². The summed E-state index contributed by atoms with van der Waals surface area (Å²) in [5.41, 5.74) is 5.80. The summed E-state index contributed by atoms with van der Waals surface area (Å²) < 4.78 is 33.3. The molecule has 3 aliphatic heterocycles. The lowest BCUT2D eigenvalue weighted by Gasteiger charge is -2.45. The first-order chi connectivity index (χ1) is 41.4. The van der Waals surface area contributed by atoms with Crippen molar-refractivity contribution in [1.29, 1.82) is 0 Å². The van der Waals surface area contributed by atoms with Crippen LogP contribution in [0.15, 0.2) is 59.6 Å². The van der Waals surface area contributed by atoms with E-state index in [0.29, 0.717) is 100 Å². The van der Waals surface area contributed by atoms with Crippen LogP contribution in [0.3, 0.4) is 0 Å². The molecule has 0 radical (unpaired) electrons. The van der Waals surface area contributed by atoms with E-state index in [1.54, 1.807) is 67.6 Å². The lowest BCUT2D eigenvalue weighted by Crippen LogP contribution is -2.53. The number of esters is 1. The molecule has 0 unspecified atom stereocenters. The molecule has 5 aliphatic rings. The summed E-state index contributed by atoms with van der Waals surface area (Å²) in [6, 6.07) is 15.0. The van der Waals surface area contributed by atoms with Gasteiger partial charge in [0, 0.05) is 82.9 Å². The predicted octanol–water partition coefficient (Wildman–Crippen LogP) is 8.40. The summed E-state index contributed by atoms with van der Waals surface area (Å²) in [4.78, 5) is 80.2. The van der Waals surface area contributed by atoms with E-state index in [-0.39, 0.29) is 75.6 Å². The Balaban J connectivity index is 0.727. The van der Waals surface area contributed by atoms with E-state index in [0.717, 1.165) is 63.5 Å². The van der Waals surface area contributed by atoms with Gasteiger partial charge in [0.25, 0.3) is 0 Å². The highest BCUT2D eigenvalue weighted by molar-refractivity contribution is 7.15. The molecule has 4 atom stereocenters. The molecule has 24 heteroatoms. The number of ether oxygens (including phenoxy) is 5. The number of thiophene rings is 1. The summed E-state index contributed by atoms with van der Waals surface area (Å²) >= 11 is 14.9. The van der Waals surface area contributed by atoms with Crippen molar-refractivity contribution in [3.05, 3.63) is 126 Å². The minimum absolute atomic E-state index is 0.0181. The van der Waals surface area contributed by atoms with Crippen molar-refractivity contribution in [2.24, 2.45) is 28.8 Å². The number of fused-ring (bicyclic) bond motifs is 4. The van der Waals surface area contributed by atoms with Crippen molar-refractivity contribution >= 4 is 69.8 Å². The van der Waals surface area contributed by atoms with Gasteiger partial charge in [-0.2, -0.15) is 0 Å². The van der Waals surface area contributed by atoms with Gasteiger partial charge in [0.15, 0.2) is 5.82 Å². The molecular weight excluding hydrogens is 1160 g/mol. The van der Waals surface area contributed by atoms with Crippen LogP contribution in [0.4, 0.5) is 0 Å². The molecule has 1 saturated heterocycles. The van der Waals surface area contributed by atoms with E-state index in [4.69, 9.17) is 51.9 Å². The van der Waals surface area contributed by atoms with Crippen LogP contribution in [0, 0.1) is 37.5 Å². The average molecular weight is 1230 g/mol. The average Bonchev–Trinajstić information content (AvgIpc) is 1.53. The highest BCUT2D eigenvalue weighted by Crippen LogP contribution is 2.54. The topological polar surface area (TPSA) is 236 Å². The molecule has 3 aromatic heterocycles. The third-order valence-corrected chi connectivity index (χ3v) is 19.6. The molecule has 21 nitrogen and oxygen atoms in total. The monoisotopic (exact) mass is 1230 g/mol. The molecule has 11 rings (SSSR count). The summed E-state index contributed by atoms with van der Waals surface area (Å²) in [6.45, 7) is 9.05. The number of halogens is 2. The number of nitrogens with zero attached hydrogens (tertiary/aromatic N) is 9. The number of aryl methyl sites for hydroxylation is 3. The molecule has 6 aromatic rings. The maximum absolute atomic E-state index is 15.4.